The zero-order valence-corrected chi connectivity index (χ0v) is 18.6. The fourth-order valence-corrected chi connectivity index (χ4v) is 4.81. The molecule has 33 heavy (non-hydrogen) atoms. The van der Waals surface area contributed by atoms with Gasteiger partial charge in [0.05, 0.1) is 23.0 Å². The fraction of sp³-hybridized carbons (Fsp3) is 0.333. The van der Waals surface area contributed by atoms with Gasteiger partial charge in [-0.05, 0) is 44.0 Å². The van der Waals surface area contributed by atoms with Gasteiger partial charge in [0.2, 0.25) is 0 Å². The predicted molar refractivity (Wildman–Crippen MR) is 127 cm³/mol. The largest absolute Gasteiger partial charge is 0.386 e. The molecule has 9 nitrogen and oxygen atoms in total. The highest BCUT2D eigenvalue weighted by molar-refractivity contribution is 5.93. The lowest BCUT2D eigenvalue weighted by Crippen LogP contribution is -2.44. The molecule has 168 valence electrons. The lowest BCUT2D eigenvalue weighted by atomic mass is 9.97. The summed E-state index contributed by atoms with van der Waals surface area (Å²) in [5, 5.41) is 23.3. The smallest absolute Gasteiger partial charge is 0.162 e. The molecule has 4 aromatic rings. The van der Waals surface area contributed by atoms with Crippen molar-refractivity contribution in [3.63, 3.8) is 0 Å². The van der Waals surface area contributed by atoms with E-state index < -0.39 is 5.60 Å². The molecule has 3 aromatic heterocycles. The Labute approximate surface area is 191 Å². The van der Waals surface area contributed by atoms with E-state index in [0.717, 1.165) is 47.5 Å². The van der Waals surface area contributed by atoms with Crippen LogP contribution < -0.4 is 15.5 Å². The maximum Gasteiger partial charge on any atom is 0.162 e. The lowest BCUT2D eigenvalue weighted by Gasteiger charge is -2.28. The lowest BCUT2D eigenvalue weighted by molar-refractivity contribution is 0.0787. The van der Waals surface area contributed by atoms with Crippen LogP contribution in [0, 0.1) is 0 Å². The van der Waals surface area contributed by atoms with Gasteiger partial charge in [-0.3, -0.25) is 4.98 Å². The number of hydrogen-bond donors (Lipinski definition) is 3. The highest BCUT2D eigenvalue weighted by Gasteiger charge is 2.38. The van der Waals surface area contributed by atoms with Crippen molar-refractivity contribution in [2.24, 2.45) is 0 Å². The van der Waals surface area contributed by atoms with Crippen molar-refractivity contribution in [2.75, 3.05) is 23.3 Å². The number of hydrogen-bond acceptors (Lipinski definition) is 8. The first-order chi connectivity index (χ1) is 16.0. The first kappa shape index (κ1) is 20.1. The summed E-state index contributed by atoms with van der Waals surface area (Å²) in [7, 11) is 0. The number of nitrogens with zero attached hydrogens (tertiary/aromatic N) is 6. The van der Waals surface area contributed by atoms with Gasteiger partial charge in [0.1, 0.15) is 11.6 Å². The van der Waals surface area contributed by atoms with Crippen LogP contribution in [0.5, 0.6) is 0 Å². The van der Waals surface area contributed by atoms with Crippen molar-refractivity contribution in [3.8, 4) is 5.69 Å². The summed E-state index contributed by atoms with van der Waals surface area (Å²) in [5.74, 6) is 2.26. The number of pyridine rings is 1. The molecular formula is C24H26N8O. The average molecular weight is 443 g/mol. The van der Waals surface area contributed by atoms with E-state index in [1.807, 2.05) is 35.1 Å². The van der Waals surface area contributed by atoms with Crippen LogP contribution >= 0.6 is 0 Å². The molecule has 2 fully saturated rings. The Morgan fingerprint density at radius 2 is 2.03 bits per heavy atom. The number of aliphatic hydroxyl groups is 1. The third-order valence-corrected chi connectivity index (χ3v) is 6.52. The second-order valence-corrected chi connectivity index (χ2v) is 9.29. The van der Waals surface area contributed by atoms with Crippen molar-refractivity contribution in [2.45, 2.75) is 38.0 Å². The molecule has 2 atom stereocenters. The van der Waals surface area contributed by atoms with Crippen LogP contribution in [0.15, 0.2) is 55.1 Å². The minimum Gasteiger partial charge on any atom is -0.386 e. The van der Waals surface area contributed by atoms with E-state index in [1.165, 1.54) is 0 Å². The number of nitrogens with one attached hydrogen (secondary N) is 2. The molecule has 5 heterocycles. The summed E-state index contributed by atoms with van der Waals surface area (Å²) >= 11 is 0. The van der Waals surface area contributed by atoms with Crippen molar-refractivity contribution in [3.05, 3.63) is 60.7 Å². The molecular weight excluding hydrogens is 416 g/mol. The molecule has 1 aromatic carbocycles. The second kappa shape index (κ2) is 7.50. The summed E-state index contributed by atoms with van der Waals surface area (Å²) in [6, 6.07) is 11.0. The molecule has 0 amide bonds. The molecule has 6 rings (SSSR count). The molecule has 0 unspecified atom stereocenters. The Morgan fingerprint density at radius 3 is 2.76 bits per heavy atom. The van der Waals surface area contributed by atoms with Crippen LogP contribution in [0.3, 0.4) is 0 Å². The third-order valence-electron chi connectivity index (χ3n) is 6.52. The average Bonchev–Trinajstić information content (AvgIpc) is 3.54. The molecule has 0 spiro atoms. The molecule has 2 aliphatic heterocycles. The first-order valence-electron chi connectivity index (χ1n) is 11.2. The maximum atomic E-state index is 10.6. The second-order valence-electron chi connectivity index (χ2n) is 9.29. The van der Waals surface area contributed by atoms with Gasteiger partial charge in [-0.1, -0.05) is 6.07 Å². The fourth-order valence-electron chi connectivity index (χ4n) is 4.81. The Kier molecular flexibility index (Phi) is 4.56. The van der Waals surface area contributed by atoms with Crippen LogP contribution in [0.2, 0.25) is 0 Å². The van der Waals surface area contributed by atoms with Crippen molar-refractivity contribution in [1.29, 1.82) is 0 Å². The van der Waals surface area contributed by atoms with E-state index in [2.05, 4.69) is 36.6 Å². The molecule has 3 N–H and O–H groups in total. The minimum atomic E-state index is -0.965. The number of anilines is 3. The van der Waals surface area contributed by atoms with Crippen molar-refractivity contribution >= 4 is 28.4 Å². The van der Waals surface area contributed by atoms with E-state index in [4.69, 9.17) is 5.10 Å². The van der Waals surface area contributed by atoms with E-state index in [-0.39, 0.29) is 0 Å². The normalized spacial score (nSPS) is 20.0. The summed E-state index contributed by atoms with van der Waals surface area (Å²) in [4.78, 5) is 15.5. The molecule has 0 radical (unpaired) electrons. The van der Waals surface area contributed by atoms with Gasteiger partial charge in [-0.25, -0.2) is 14.6 Å². The summed E-state index contributed by atoms with van der Waals surface area (Å²) in [5.41, 5.74) is 1.66. The van der Waals surface area contributed by atoms with Crippen LogP contribution in [-0.4, -0.2) is 55.0 Å². The van der Waals surface area contributed by atoms with Gasteiger partial charge in [0.25, 0.3) is 0 Å². The highest BCUT2D eigenvalue weighted by Crippen LogP contribution is 2.33. The van der Waals surface area contributed by atoms with E-state index in [9.17, 15) is 5.11 Å². The monoisotopic (exact) mass is 442 g/mol. The van der Waals surface area contributed by atoms with Gasteiger partial charge in [-0.15, -0.1) is 5.10 Å². The predicted octanol–water partition coefficient (Wildman–Crippen LogP) is 2.73. The Balaban J connectivity index is 1.46. The number of piperazine rings is 1. The summed E-state index contributed by atoms with van der Waals surface area (Å²) in [6.45, 7) is 5.55. The van der Waals surface area contributed by atoms with Crippen LogP contribution in [0.4, 0.5) is 17.5 Å². The number of aromatic nitrogens is 5. The Hall–Kier alpha value is -3.56. The van der Waals surface area contributed by atoms with Gasteiger partial charge >= 0.3 is 0 Å². The third kappa shape index (κ3) is 3.59. The zero-order chi connectivity index (χ0) is 22.6. The van der Waals surface area contributed by atoms with Crippen LogP contribution in [0.25, 0.3) is 16.6 Å². The molecule has 2 saturated heterocycles. The van der Waals surface area contributed by atoms with Crippen molar-refractivity contribution < 1.29 is 5.11 Å². The zero-order valence-electron chi connectivity index (χ0n) is 18.6. The molecule has 2 bridgehead atoms. The number of benzene rings is 1. The van der Waals surface area contributed by atoms with Crippen LogP contribution in [0.1, 0.15) is 25.8 Å². The quantitative estimate of drug-likeness (QED) is 0.433. The topological polar surface area (TPSA) is 104 Å². The Morgan fingerprint density at radius 1 is 1.12 bits per heavy atom. The standard InChI is InChI=1S/C24H26N8O/c1-24(2,33)15-3-4-19-20(9-15)32(30-23(19)29-21-13-25-7-8-26-21)17-5-6-27-22(11-17)31-14-16-10-18(31)12-28-16/h3-9,11,13,16,18,28,33H,10,12,14H2,1-2H3,(H,26,29,30)/t16-,18-/m0/s1. The number of rotatable bonds is 5. The Bertz CT molecular complexity index is 1310. The van der Waals surface area contributed by atoms with E-state index in [1.54, 1.807) is 32.4 Å². The van der Waals surface area contributed by atoms with Crippen molar-refractivity contribution in [1.82, 2.24) is 30.0 Å². The highest BCUT2D eigenvalue weighted by atomic mass is 16.3. The van der Waals surface area contributed by atoms with Gasteiger partial charge in [-0.2, -0.15) is 0 Å². The van der Waals surface area contributed by atoms with Gasteiger partial charge in [0.15, 0.2) is 5.82 Å². The molecule has 0 saturated carbocycles. The summed E-state index contributed by atoms with van der Waals surface area (Å²) < 4.78 is 1.90. The van der Waals surface area contributed by atoms with E-state index >= 15 is 0 Å². The molecule has 2 aliphatic rings. The number of fused-ring (bicyclic) bond motifs is 3. The minimum absolute atomic E-state index is 0.489. The summed E-state index contributed by atoms with van der Waals surface area (Å²) in [6.07, 6.45) is 7.94. The van der Waals surface area contributed by atoms with E-state index in [0.29, 0.717) is 23.7 Å². The maximum absolute atomic E-state index is 10.6. The molecule has 0 aliphatic carbocycles. The molecule has 9 heteroatoms. The van der Waals surface area contributed by atoms with Gasteiger partial charge < -0.3 is 20.6 Å². The van der Waals surface area contributed by atoms with Crippen LogP contribution in [-0.2, 0) is 5.60 Å². The van der Waals surface area contributed by atoms with Gasteiger partial charge in [0, 0.05) is 55.2 Å². The SMILES string of the molecule is CC(C)(O)c1ccc2c(Nc3cnccn3)nn(-c3ccnc(N4C[C@@H]5C[C@H]4CN5)c3)c2c1. The first-order valence-corrected chi connectivity index (χ1v) is 11.2.